The summed E-state index contributed by atoms with van der Waals surface area (Å²) in [5, 5.41) is 10.4. The van der Waals surface area contributed by atoms with E-state index in [0.717, 1.165) is 32.1 Å². The summed E-state index contributed by atoms with van der Waals surface area (Å²) in [5.41, 5.74) is 5.47. The van der Waals surface area contributed by atoms with E-state index >= 15 is 0 Å². The minimum absolute atomic E-state index is 0.279. The van der Waals surface area contributed by atoms with E-state index < -0.39 is 11.1 Å². The molecule has 2 heteroatoms. The van der Waals surface area contributed by atoms with Gasteiger partial charge in [0.2, 0.25) is 0 Å². The van der Waals surface area contributed by atoms with Gasteiger partial charge in [-0.3, -0.25) is 0 Å². The van der Waals surface area contributed by atoms with Crippen LogP contribution < -0.4 is 5.73 Å². The van der Waals surface area contributed by atoms with Crippen LogP contribution in [0.1, 0.15) is 59.8 Å². The fourth-order valence-electron chi connectivity index (χ4n) is 2.71. The molecule has 0 amide bonds. The Morgan fingerprint density at radius 3 is 2.21 bits per heavy atom. The van der Waals surface area contributed by atoms with Gasteiger partial charge in [0, 0.05) is 5.54 Å². The topological polar surface area (TPSA) is 46.2 Å². The highest BCUT2D eigenvalue weighted by atomic mass is 16.3. The van der Waals surface area contributed by atoms with Crippen molar-refractivity contribution < 1.29 is 5.11 Å². The van der Waals surface area contributed by atoms with Crippen LogP contribution in [0.2, 0.25) is 0 Å². The average molecular weight is 199 g/mol. The molecule has 1 saturated carbocycles. The van der Waals surface area contributed by atoms with Gasteiger partial charge in [-0.1, -0.05) is 33.6 Å². The molecule has 1 atom stereocenters. The minimum atomic E-state index is -0.619. The minimum Gasteiger partial charge on any atom is -0.388 e. The van der Waals surface area contributed by atoms with E-state index in [1.165, 1.54) is 0 Å². The maximum absolute atomic E-state index is 10.4. The summed E-state index contributed by atoms with van der Waals surface area (Å²) in [6.45, 7) is 8.54. The predicted molar refractivity (Wildman–Crippen MR) is 60.1 cm³/mol. The molecule has 0 aliphatic heterocycles. The predicted octanol–water partition coefficient (Wildman–Crippen LogP) is 2.45. The van der Waals surface area contributed by atoms with Crippen LogP contribution in [0, 0.1) is 5.41 Å². The van der Waals surface area contributed by atoms with Crippen LogP contribution in [0.5, 0.6) is 0 Å². The summed E-state index contributed by atoms with van der Waals surface area (Å²) in [5.74, 6) is 0. The third-order valence-corrected chi connectivity index (χ3v) is 3.65. The molecular weight excluding hydrogens is 174 g/mol. The Kier molecular flexibility index (Phi) is 2.99. The van der Waals surface area contributed by atoms with Crippen LogP contribution in [0.3, 0.4) is 0 Å². The molecule has 3 N–H and O–H groups in total. The number of aliphatic hydroxyl groups is 1. The van der Waals surface area contributed by atoms with Crippen LogP contribution in [0.4, 0.5) is 0 Å². The normalized spacial score (nSPS) is 27.9. The summed E-state index contributed by atoms with van der Waals surface area (Å²) in [4.78, 5) is 0. The number of nitrogens with two attached hydrogens (primary N) is 1. The first-order valence-corrected chi connectivity index (χ1v) is 5.74. The first kappa shape index (κ1) is 12.0. The van der Waals surface area contributed by atoms with Crippen LogP contribution >= 0.6 is 0 Å². The quantitative estimate of drug-likeness (QED) is 0.730. The smallest absolute Gasteiger partial charge is 0.0833 e. The average Bonchev–Trinajstić information content (AvgIpc) is 1.97. The second-order valence-electron chi connectivity index (χ2n) is 6.07. The second-order valence-corrected chi connectivity index (χ2v) is 6.07. The van der Waals surface area contributed by atoms with E-state index in [0.29, 0.717) is 0 Å². The lowest BCUT2D eigenvalue weighted by Crippen LogP contribution is -2.67. The third-order valence-electron chi connectivity index (χ3n) is 3.65. The molecule has 2 nitrogen and oxygen atoms in total. The molecular formula is C12H25NO. The molecule has 14 heavy (non-hydrogen) atoms. The van der Waals surface area contributed by atoms with E-state index in [1.807, 2.05) is 6.92 Å². The lowest BCUT2D eigenvalue weighted by molar-refractivity contribution is -0.158. The fourth-order valence-corrected chi connectivity index (χ4v) is 2.71. The highest BCUT2D eigenvalue weighted by Gasteiger charge is 2.56. The van der Waals surface area contributed by atoms with Crippen LogP contribution in [0.15, 0.2) is 0 Å². The fraction of sp³-hybridized carbons (Fsp3) is 1.00. The van der Waals surface area contributed by atoms with Crippen LogP contribution in [0.25, 0.3) is 0 Å². The molecule has 0 radical (unpaired) electrons. The molecule has 0 aromatic heterocycles. The molecule has 0 aromatic rings. The lowest BCUT2D eigenvalue weighted by Gasteiger charge is -2.57. The zero-order chi connectivity index (χ0) is 11.0. The van der Waals surface area contributed by atoms with Crippen molar-refractivity contribution >= 4 is 0 Å². The van der Waals surface area contributed by atoms with Gasteiger partial charge in [-0.05, 0) is 31.6 Å². The molecule has 0 aromatic carbocycles. The van der Waals surface area contributed by atoms with Crippen molar-refractivity contribution in [1.29, 1.82) is 0 Å². The van der Waals surface area contributed by atoms with Gasteiger partial charge in [0.15, 0.2) is 0 Å². The van der Waals surface area contributed by atoms with Gasteiger partial charge in [0.05, 0.1) is 5.60 Å². The number of hydrogen-bond donors (Lipinski definition) is 2. The summed E-state index contributed by atoms with van der Waals surface area (Å²) < 4.78 is 0. The van der Waals surface area contributed by atoms with E-state index in [1.54, 1.807) is 0 Å². The van der Waals surface area contributed by atoms with Crippen molar-refractivity contribution in [3.63, 3.8) is 0 Å². The Morgan fingerprint density at radius 1 is 1.36 bits per heavy atom. The number of unbranched alkanes of at least 4 members (excludes halogenated alkanes) is 1. The maximum Gasteiger partial charge on any atom is 0.0833 e. The highest BCUT2D eigenvalue weighted by Crippen LogP contribution is 2.53. The standard InChI is InChI=1S/C12H25NO/c1-5-6-7-11(4,13)12(14)8-10(2,3)9-12/h14H,5-9,13H2,1-4H3. The van der Waals surface area contributed by atoms with E-state index in [-0.39, 0.29) is 5.41 Å². The Balaban J connectivity index is 2.55. The number of rotatable bonds is 4. The third kappa shape index (κ3) is 2.12. The van der Waals surface area contributed by atoms with E-state index in [4.69, 9.17) is 5.73 Å². The molecule has 0 bridgehead atoms. The molecule has 0 spiro atoms. The largest absolute Gasteiger partial charge is 0.388 e. The first-order valence-electron chi connectivity index (χ1n) is 5.74. The number of hydrogen-bond acceptors (Lipinski definition) is 2. The molecule has 1 unspecified atom stereocenters. The zero-order valence-corrected chi connectivity index (χ0v) is 10.1. The lowest BCUT2D eigenvalue weighted by atomic mass is 9.54. The Morgan fingerprint density at radius 2 is 1.86 bits per heavy atom. The van der Waals surface area contributed by atoms with Gasteiger partial charge in [0.1, 0.15) is 0 Å². The molecule has 1 aliphatic rings. The molecule has 84 valence electrons. The van der Waals surface area contributed by atoms with Gasteiger partial charge in [-0.15, -0.1) is 0 Å². The maximum atomic E-state index is 10.4. The summed E-state index contributed by atoms with van der Waals surface area (Å²) in [7, 11) is 0. The van der Waals surface area contributed by atoms with Gasteiger partial charge in [-0.2, -0.15) is 0 Å². The monoisotopic (exact) mass is 199 g/mol. The van der Waals surface area contributed by atoms with Gasteiger partial charge < -0.3 is 10.8 Å². The Hall–Kier alpha value is -0.0800. The van der Waals surface area contributed by atoms with Crippen LogP contribution in [-0.2, 0) is 0 Å². The van der Waals surface area contributed by atoms with Crippen molar-refractivity contribution in [2.24, 2.45) is 11.1 Å². The molecule has 0 heterocycles. The molecule has 0 saturated heterocycles. The summed E-state index contributed by atoms with van der Waals surface area (Å²) in [6.07, 6.45) is 4.87. The summed E-state index contributed by atoms with van der Waals surface area (Å²) in [6, 6.07) is 0. The van der Waals surface area contributed by atoms with Crippen molar-refractivity contribution in [2.75, 3.05) is 0 Å². The van der Waals surface area contributed by atoms with Crippen molar-refractivity contribution in [3.8, 4) is 0 Å². The first-order chi connectivity index (χ1) is 6.22. The van der Waals surface area contributed by atoms with E-state index in [2.05, 4.69) is 20.8 Å². The van der Waals surface area contributed by atoms with Gasteiger partial charge in [0.25, 0.3) is 0 Å². The van der Waals surface area contributed by atoms with Crippen molar-refractivity contribution in [1.82, 2.24) is 0 Å². The molecule has 1 fully saturated rings. The molecule has 1 rings (SSSR count). The SMILES string of the molecule is CCCCC(C)(N)C1(O)CC(C)(C)C1. The Labute approximate surface area is 87.9 Å². The van der Waals surface area contributed by atoms with Gasteiger partial charge in [-0.25, -0.2) is 0 Å². The zero-order valence-electron chi connectivity index (χ0n) is 10.1. The van der Waals surface area contributed by atoms with E-state index in [9.17, 15) is 5.11 Å². The van der Waals surface area contributed by atoms with Crippen LogP contribution in [-0.4, -0.2) is 16.2 Å². The van der Waals surface area contributed by atoms with Crippen molar-refractivity contribution in [2.45, 2.75) is 70.9 Å². The Bertz CT molecular complexity index is 200. The van der Waals surface area contributed by atoms with Crippen molar-refractivity contribution in [3.05, 3.63) is 0 Å². The highest BCUT2D eigenvalue weighted by molar-refractivity contribution is 5.11. The molecule has 1 aliphatic carbocycles. The van der Waals surface area contributed by atoms with Gasteiger partial charge >= 0.3 is 0 Å². The second kappa shape index (κ2) is 3.49. The summed E-state index contributed by atoms with van der Waals surface area (Å²) >= 11 is 0.